The van der Waals surface area contributed by atoms with E-state index in [9.17, 15) is 18.0 Å². The van der Waals surface area contributed by atoms with Gasteiger partial charge in [-0.1, -0.05) is 0 Å². The average Bonchev–Trinajstić information content (AvgIpc) is 2.55. The zero-order valence-corrected chi connectivity index (χ0v) is 10.3. The first-order valence-electron chi connectivity index (χ1n) is 6.12. The maximum absolute atomic E-state index is 11.8. The summed E-state index contributed by atoms with van der Waals surface area (Å²) in [5, 5.41) is 3.17. The minimum Gasteiger partial charge on any atom is -0.372 e. The lowest BCUT2D eigenvalue weighted by molar-refractivity contribution is -0.141. The van der Waals surface area contributed by atoms with Gasteiger partial charge in [-0.05, 0) is 19.4 Å². The van der Waals surface area contributed by atoms with E-state index in [4.69, 9.17) is 4.74 Å². The third-order valence-electron chi connectivity index (χ3n) is 2.67. The van der Waals surface area contributed by atoms with E-state index in [0.717, 1.165) is 19.5 Å². The first-order valence-corrected chi connectivity index (χ1v) is 6.12. The number of rotatable bonds is 5. The van der Waals surface area contributed by atoms with Crippen LogP contribution in [0.2, 0.25) is 0 Å². The van der Waals surface area contributed by atoms with Gasteiger partial charge in [-0.3, -0.25) is 4.79 Å². The fraction of sp³-hybridized carbons (Fsp3) is 0.909. The molecule has 1 aliphatic heterocycles. The molecule has 0 bridgehead atoms. The third kappa shape index (κ3) is 6.80. The molecule has 18 heavy (non-hydrogen) atoms. The Kier molecular flexibility index (Phi) is 6.42. The van der Waals surface area contributed by atoms with Gasteiger partial charge in [-0.15, -0.1) is 0 Å². The number of nitrogens with one attached hydrogen (secondary N) is 1. The van der Waals surface area contributed by atoms with Crippen molar-refractivity contribution < 1.29 is 22.7 Å². The Labute approximate surface area is 104 Å². The Bertz CT molecular complexity index is 251. The number of alkyl halides is 3. The van der Waals surface area contributed by atoms with Gasteiger partial charge in [0, 0.05) is 32.7 Å². The van der Waals surface area contributed by atoms with Crippen LogP contribution in [0.25, 0.3) is 0 Å². The average molecular weight is 268 g/mol. The Hall–Kier alpha value is -0.820. The van der Waals surface area contributed by atoms with Crippen molar-refractivity contribution in [2.24, 2.45) is 0 Å². The maximum atomic E-state index is 11.8. The fourth-order valence-corrected chi connectivity index (χ4v) is 1.72. The van der Waals surface area contributed by atoms with Crippen LogP contribution in [-0.4, -0.2) is 56.4 Å². The predicted octanol–water partition coefficient (Wildman–Crippen LogP) is 1.17. The summed E-state index contributed by atoms with van der Waals surface area (Å²) in [6.07, 6.45) is -4.23. The van der Waals surface area contributed by atoms with Crippen molar-refractivity contribution in [2.45, 2.75) is 25.4 Å². The summed E-state index contributed by atoms with van der Waals surface area (Å²) in [6, 6.07) is 0. The van der Waals surface area contributed by atoms with E-state index in [1.165, 1.54) is 0 Å². The molecular formula is C11H19F3N2O2. The Morgan fingerprint density at radius 3 is 2.78 bits per heavy atom. The van der Waals surface area contributed by atoms with Crippen LogP contribution in [0.3, 0.4) is 0 Å². The molecule has 1 aliphatic rings. The predicted molar refractivity (Wildman–Crippen MR) is 60.2 cm³/mol. The maximum Gasteiger partial charge on any atom is 0.389 e. The number of nitrogens with zero attached hydrogens (tertiary/aromatic N) is 1. The van der Waals surface area contributed by atoms with Gasteiger partial charge in [0.1, 0.15) is 6.61 Å². The van der Waals surface area contributed by atoms with Gasteiger partial charge in [0.25, 0.3) is 0 Å². The van der Waals surface area contributed by atoms with Crippen LogP contribution in [0, 0.1) is 0 Å². The lowest BCUT2D eigenvalue weighted by Crippen LogP contribution is -2.36. The molecule has 1 fully saturated rings. The van der Waals surface area contributed by atoms with Gasteiger partial charge in [-0.2, -0.15) is 13.2 Å². The van der Waals surface area contributed by atoms with Crippen molar-refractivity contribution in [2.75, 3.05) is 39.4 Å². The van der Waals surface area contributed by atoms with E-state index >= 15 is 0 Å². The molecule has 106 valence electrons. The van der Waals surface area contributed by atoms with Crippen LogP contribution >= 0.6 is 0 Å². The molecule has 0 aromatic carbocycles. The van der Waals surface area contributed by atoms with E-state index in [-0.39, 0.29) is 25.5 Å². The molecule has 4 nitrogen and oxygen atoms in total. The highest BCUT2D eigenvalue weighted by atomic mass is 19.4. The Morgan fingerprint density at radius 2 is 2.06 bits per heavy atom. The molecule has 0 unspecified atom stereocenters. The summed E-state index contributed by atoms with van der Waals surface area (Å²) in [4.78, 5) is 13.3. The molecule has 1 rings (SSSR count). The topological polar surface area (TPSA) is 41.6 Å². The summed E-state index contributed by atoms with van der Waals surface area (Å²) in [5.74, 6) is -0.147. The van der Waals surface area contributed by atoms with Crippen molar-refractivity contribution in [3.05, 3.63) is 0 Å². The zero-order chi connectivity index (χ0) is 13.4. The van der Waals surface area contributed by atoms with Crippen LogP contribution in [-0.2, 0) is 9.53 Å². The highest BCUT2D eigenvalue weighted by Crippen LogP contribution is 2.20. The van der Waals surface area contributed by atoms with Crippen molar-refractivity contribution >= 4 is 5.91 Å². The SMILES string of the molecule is O=C(COCCCC(F)(F)F)N1CCCNCC1. The zero-order valence-electron chi connectivity index (χ0n) is 10.3. The minimum atomic E-state index is -4.15. The molecule has 1 N–H and O–H groups in total. The molecule has 0 aliphatic carbocycles. The van der Waals surface area contributed by atoms with Crippen molar-refractivity contribution in [3.8, 4) is 0 Å². The number of hydrogen-bond donors (Lipinski definition) is 1. The van der Waals surface area contributed by atoms with E-state index < -0.39 is 12.6 Å². The Morgan fingerprint density at radius 1 is 1.28 bits per heavy atom. The molecule has 0 aromatic heterocycles. The monoisotopic (exact) mass is 268 g/mol. The van der Waals surface area contributed by atoms with Crippen molar-refractivity contribution in [3.63, 3.8) is 0 Å². The Balaban J connectivity index is 2.09. The lowest BCUT2D eigenvalue weighted by atomic mass is 10.3. The molecule has 1 heterocycles. The van der Waals surface area contributed by atoms with Gasteiger partial charge in [-0.25, -0.2) is 0 Å². The van der Waals surface area contributed by atoms with Gasteiger partial charge < -0.3 is 15.0 Å². The van der Waals surface area contributed by atoms with Gasteiger partial charge in [0.2, 0.25) is 5.91 Å². The smallest absolute Gasteiger partial charge is 0.372 e. The van der Waals surface area contributed by atoms with E-state index in [1.54, 1.807) is 4.90 Å². The molecule has 0 radical (unpaired) electrons. The normalized spacial score (nSPS) is 17.6. The third-order valence-corrected chi connectivity index (χ3v) is 2.67. The lowest BCUT2D eigenvalue weighted by Gasteiger charge is -2.19. The van der Waals surface area contributed by atoms with Gasteiger partial charge in [0.05, 0.1) is 0 Å². The van der Waals surface area contributed by atoms with Crippen LogP contribution in [0.1, 0.15) is 19.3 Å². The molecule has 0 spiro atoms. The number of hydrogen-bond acceptors (Lipinski definition) is 3. The number of ether oxygens (including phenoxy) is 1. The largest absolute Gasteiger partial charge is 0.389 e. The van der Waals surface area contributed by atoms with Crippen LogP contribution in [0.15, 0.2) is 0 Å². The van der Waals surface area contributed by atoms with E-state index in [1.807, 2.05) is 0 Å². The molecule has 0 saturated carbocycles. The highest BCUT2D eigenvalue weighted by molar-refractivity contribution is 5.77. The second kappa shape index (κ2) is 7.58. The molecule has 0 atom stereocenters. The van der Waals surface area contributed by atoms with E-state index in [2.05, 4.69) is 5.32 Å². The first-order chi connectivity index (χ1) is 8.49. The molecule has 0 aromatic rings. The van der Waals surface area contributed by atoms with Gasteiger partial charge >= 0.3 is 6.18 Å². The number of carbonyl (C=O) groups is 1. The highest BCUT2D eigenvalue weighted by Gasteiger charge is 2.26. The molecule has 7 heteroatoms. The summed E-state index contributed by atoms with van der Waals surface area (Å²) in [5.41, 5.74) is 0. The summed E-state index contributed by atoms with van der Waals surface area (Å²) in [7, 11) is 0. The van der Waals surface area contributed by atoms with Crippen LogP contribution in [0.5, 0.6) is 0 Å². The second-order valence-corrected chi connectivity index (χ2v) is 4.26. The quantitative estimate of drug-likeness (QED) is 0.761. The van der Waals surface area contributed by atoms with Crippen LogP contribution < -0.4 is 5.32 Å². The summed E-state index contributed by atoms with van der Waals surface area (Å²) in [6.45, 7) is 2.79. The minimum absolute atomic E-state index is 0.0304. The number of carbonyl (C=O) groups excluding carboxylic acids is 1. The van der Waals surface area contributed by atoms with Crippen LogP contribution in [0.4, 0.5) is 13.2 Å². The fourth-order valence-electron chi connectivity index (χ4n) is 1.72. The number of halogens is 3. The summed E-state index contributed by atoms with van der Waals surface area (Å²) < 4.78 is 40.5. The molecular weight excluding hydrogens is 249 g/mol. The molecule has 1 amide bonds. The van der Waals surface area contributed by atoms with Crippen molar-refractivity contribution in [1.29, 1.82) is 0 Å². The van der Waals surface area contributed by atoms with E-state index in [0.29, 0.717) is 13.1 Å². The molecule has 1 saturated heterocycles. The summed E-state index contributed by atoms with van der Waals surface area (Å²) >= 11 is 0. The second-order valence-electron chi connectivity index (χ2n) is 4.26. The van der Waals surface area contributed by atoms with Gasteiger partial charge in [0.15, 0.2) is 0 Å². The standard InChI is InChI=1S/C11H19F3N2O2/c12-11(13,14)3-1-8-18-9-10(17)16-6-2-4-15-5-7-16/h15H,1-9H2. The first kappa shape index (κ1) is 15.2. The van der Waals surface area contributed by atoms with Crippen molar-refractivity contribution in [1.82, 2.24) is 10.2 Å². The number of amides is 1.